The number of aromatic nitrogens is 2. The SMILES string of the molecule is CC(CCc1cnn(C)c1)CNC1CC1. The molecule has 1 N–H and O–H groups in total. The topological polar surface area (TPSA) is 29.9 Å². The first kappa shape index (κ1) is 10.7. The molecule has 1 aromatic heterocycles. The third-order valence-electron chi connectivity index (χ3n) is 3.02. The molecule has 1 aromatic rings. The van der Waals surface area contributed by atoms with Crippen LogP contribution in [0.2, 0.25) is 0 Å². The highest BCUT2D eigenvalue weighted by Crippen LogP contribution is 2.19. The number of aryl methyl sites for hydroxylation is 2. The average Bonchev–Trinajstić information content (AvgIpc) is 2.95. The van der Waals surface area contributed by atoms with Crippen molar-refractivity contribution < 1.29 is 0 Å². The Labute approximate surface area is 91.9 Å². The molecule has 0 aromatic carbocycles. The van der Waals surface area contributed by atoms with Crippen LogP contribution in [0.4, 0.5) is 0 Å². The Kier molecular flexibility index (Phi) is 3.41. The van der Waals surface area contributed by atoms with Gasteiger partial charge >= 0.3 is 0 Å². The van der Waals surface area contributed by atoms with Crippen LogP contribution in [0, 0.1) is 5.92 Å². The van der Waals surface area contributed by atoms with Gasteiger partial charge in [-0.05, 0) is 43.7 Å². The lowest BCUT2D eigenvalue weighted by Crippen LogP contribution is -2.23. The molecule has 1 atom stereocenters. The van der Waals surface area contributed by atoms with Crippen LogP contribution in [0.1, 0.15) is 31.7 Å². The van der Waals surface area contributed by atoms with Crippen LogP contribution in [0.5, 0.6) is 0 Å². The first-order chi connectivity index (χ1) is 7.24. The van der Waals surface area contributed by atoms with Gasteiger partial charge in [-0.1, -0.05) is 6.92 Å². The molecule has 1 heterocycles. The molecule has 1 aliphatic rings. The van der Waals surface area contributed by atoms with Gasteiger partial charge in [-0.2, -0.15) is 5.10 Å². The first-order valence-electron chi connectivity index (χ1n) is 5.95. The van der Waals surface area contributed by atoms with Crippen molar-refractivity contribution >= 4 is 0 Å². The molecule has 3 heteroatoms. The molecule has 0 spiro atoms. The van der Waals surface area contributed by atoms with Crippen molar-refractivity contribution in [1.29, 1.82) is 0 Å². The van der Waals surface area contributed by atoms with Gasteiger partial charge in [0.05, 0.1) is 6.20 Å². The van der Waals surface area contributed by atoms with Gasteiger partial charge in [-0.3, -0.25) is 4.68 Å². The van der Waals surface area contributed by atoms with E-state index in [1.807, 2.05) is 17.9 Å². The fraction of sp³-hybridized carbons (Fsp3) is 0.750. The first-order valence-corrected chi connectivity index (χ1v) is 5.95. The van der Waals surface area contributed by atoms with Crippen LogP contribution >= 0.6 is 0 Å². The monoisotopic (exact) mass is 207 g/mol. The number of hydrogen-bond donors (Lipinski definition) is 1. The molecule has 1 fully saturated rings. The maximum atomic E-state index is 4.18. The van der Waals surface area contributed by atoms with E-state index in [0.29, 0.717) is 0 Å². The molecule has 0 radical (unpaired) electrons. The molecule has 0 bridgehead atoms. The third kappa shape index (κ3) is 3.67. The van der Waals surface area contributed by atoms with Crippen molar-refractivity contribution in [2.75, 3.05) is 6.54 Å². The fourth-order valence-electron chi connectivity index (χ4n) is 1.77. The lowest BCUT2D eigenvalue weighted by Gasteiger charge is -2.11. The second kappa shape index (κ2) is 4.79. The molecule has 1 aliphatic carbocycles. The molecule has 2 rings (SSSR count). The Bertz CT molecular complexity index is 302. The summed E-state index contributed by atoms with van der Waals surface area (Å²) in [5.41, 5.74) is 1.36. The number of rotatable bonds is 6. The van der Waals surface area contributed by atoms with Crippen LogP contribution in [0.25, 0.3) is 0 Å². The van der Waals surface area contributed by atoms with Gasteiger partial charge < -0.3 is 5.32 Å². The van der Waals surface area contributed by atoms with Gasteiger partial charge in [0.1, 0.15) is 0 Å². The van der Waals surface area contributed by atoms with Crippen molar-refractivity contribution in [3.8, 4) is 0 Å². The minimum Gasteiger partial charge on any atom is -0.314 e. The summed E-state index contributed by atoms with van der Waals surface area (Å²) in [5.74, 6) is 0.769. The Balaban J connectivity index is 1.63. The molecule has 3 nitrogen and oxygen atoms in total. The highest BCUT2D eigenvalue weighted by molar-refractivity contribution is 5.03. The Morgan fingerprint density at radius 2 is 2.40 bits per heavy atom. The second-order valence-electron chi connectivity index (χ2n) is 4.85. The smallest absolute Gasteiger partial charge is 0.0521 e. The zero-order chi connectivity index (χ0) is 10.7. The Morgan fingerprint density at radius 3 is 3.00 bits per heavy atom. The maximum absolute atomic E-state index is 4.18. The van der Waals surface area contributed by atoms with Crippen LogP contribution in [0.15, 0.2) is 12.4 Å². The highest BCUT2D eigenvalue weighted by Gasteiger charge is 2.20. The van der Waals surface area contributed by atoms with E-state index in [1.165, 1.54) is 31.4 Å². The van der Waals surface area contributed by atoms with Crippen molar-refractivity contribution in [2.45, 2.75) is 38.6 Å². The van der Waals surface area contributed by atoms with Crippen molar-refractivity contribution in [3.63, 3.8) is 0 Å². The zero-order valence-electron chi connectivity index (χ0n) is 9.74. The van der Waals surface area contributed by atoms with E-state index >= 15 is 0 Å². The molecule has 84 valence electrons. The van der Waals surface area contributed by atoms with E-state index in [4.69, 9.17) is 0 Å². The van der Waals surface area contributed by atoms with Crippen LogP contribution in [-0.2, 0) is 13.5 Å². The summed E-state index contributed by atoms with van der Waals surface area (Å²) in [6, 6.07) is 0.839. The molecule has 0 saturated heterocycles. The summed E-state index contributed by atoms with van der Waals surface area (Å²) in [7, 11) is 1.97. The molecule has 1 unspecified atom stereocenters. The van der Waals surface area contributed by atoms with Gasteiger partial charge in [0.15, 0.2) is 0 Å². The average molecular weight is 207 g/mol. The minimum atomic E-state index is 0.769. The molecule has 15 heavy (non-hydrogen) atoms. The van der Waals surface area contributed by atoms with E-state index in [0.717, 1.165) is 18.4 Å². The summed E-state index contributed by atoms with van der Waals surface area (Å²) < 4.78 is 1.88. The molecule has 0 aliphatic heterocycles. The van der Waals surface area contributed by atoms with Crippen molar-refractivity contribution in [1.82, 2.24) is 15.1 Å². The Hall–Kier alpha value is -0.830. The van der Waals surface area contributed by atoms with Crippen LogP contribution in [-0.4, -0.2) is 22.4 Å². The van der Waals surface area contributed by atoms with Crippen molar-refractivity contribution in [3.05, 3.63) is 18.0 Å². The van der Waals surface area contributed by atoms with E-state index in [2.05, 4.69) is 23.5 Å². The van der Waals surface area contributed by atoms with E-state index in [-0.39, 0.29) is 0 Å². The van der Waals surface area contributed by atoms with Gasteiger partial charge in [-0.15, -0.1) is 0 Å². The maximum Gasteiger partial charge on any atom is 0.0521 e. The zero-order valence-corrected chi connectivity index (χ0v) is 9.74. The number of nitrogens with one attached hydrogen (secondary N) is 1. The summed E-state index contributed by atoms with van der Waals surface area (Å²) in [4.78, 5) is 0. The van der Waals surface area contributed by atoms with Crippen LogP contribution in [0.3, 0.4) is 0 Å². The second-order valence-corrected chi connectivity index (χ2v) is 4.85. The standard InChI is InChI=1S/C12H21N3/c1-10(7-13-12-5-6-12)3-4-11-8-14-15(2)9-11/h8-10,12-13H,3-7H2,1-2H3. The van der Waals surface area contributed by atoms with Gasteiger partial charge in [0.25, 0.3) is 0 Å². The summed E-state index contributed by atoms with van der Waals surface area (Å²) >= 11 is 0. The van der Waals surface area contributed by atoms with Gasteiger partial charge in [0, 0.05) is 19.3 Å². The molecular weight excluding hydrogens is 186 g/mol. The third-order valence-corrected chi connectivity index (χ3v) is 3.02. The summed E-state index contributed by atoms with van der Waals surface area (Å²) in [5, 5.41) is 7.76. The predicted octanol–water partition coefficient (Wildman–Crippen LogP) is 1.74. The van der Waals surface area contributed by atoms with Crippen LogP contribution < -0.4 is 5.32 Å². The van der Waals surface area contributed by atoms with E-state index in [9.17, 15) is 0 Å². The quantitative estimate of drug-likeness (QED) is 0.770. The lowest BCUT2D eigenvalue weighted by atomic mass is 10.0. The number of nitrogens with zero attached hydrogens (tertiary/aromatic N) is 2. The number of hydrogen-bond acceptors (Lipinski definition) is 2. The highest BCUT2D eigenvalue weighted by atomic mass is 15.2. The van der Waals surface area contributed by atoms with E-state index in [1.54, 1.807) is 0 Å². The summed E-state index contributed by atoms with van der Waals surface area (Å²) in [6.45, 7) is 3.50. The normalized spacial score (nSPS) is 18.0. The molecule has 0 amide bonds. The van der Waals surface area contributed by atoms with Gasteiger partial charge in [0.2, 0.25) is 0 Å². The largest absolute Gasteiger partial charge is 0.314 e. The summed E-state index contributed by atoms with van der Waals surface area (Å²) in [6.07, 6.45) is 9.26. The van der Waals surface area contributed by atoms with Crippen molar-refractivity contribution in [2.24, 2.45) is 13.0 Å². The molecular formula is C12H21N3. The van der Waals surface area contributed by atoms with Gasteiger partial charge in [-0.25, -0.2) is 0 Å². The van der Waals surface area contributed by atoms with E-state index < -0.39 is 0 Å². The fourth-order valence-corrected chi connectivity index (χ4v) is 1.77. The predicted molar refractivity (Wildman–Crippen MR) is 61.7 cm³/mol. The molecule has 1 saturated carbocycles. The Morgan fingerprint density at radius 1 is 1.60 bits per heavy atom. The lowest BCUT2D eigenvalue weighted by molar-refractivity contribution is 0.480. The minimum absolute atomic E-state index is 0.769.